The summed E-state index contributed by atoms with van der Waals surface area (Å²) in [5.41, 5.74) is 2.79. The summed E-state index contributed by atoms with van der Waals surface area (Å²) in [6.45, 7) is 2.32. The summed E-state index contributed by atoms with van der Waals surface area (Å²) in [7, 11) is 3.71. The molecule has 0 radical (unpaired) electrons. The van der Waals surface area contributed by atoms with Gasteiger partial charge in [-0.3, -0.25) is 4.98 Å². The molecule has 0 aliphatic rings. The van der Waals surface area contributed by atoms with Crippen LogP contribution in [-0.4, -0.2) is 54.8 Å². The summed E-state index contributed by atoms with van der Waals surface area (Å²) in [6, 6.07) is 4.90. The molecule has 0 bridgehead atoms. The number of halogens is 2. The number of ether oxygens (including phenoxy) is 1. The van der Waals surface area contributed by atoms with E-state index >= 15 is 0 Å². The smallest absolute Gasteiger partial charge is 0.340 e. The topological polar surface area (TPSA) is 95.9 Å². The highest BCUT2D eigenvalue weighted by atomic mass is 19.1. The fourth-order valence-electron chi connectivity index (χ4n) is 2.23. The SMILES string of the molecule is C/C(=N\NC(=O)Nc1cc(F)cc(F)c1)c1ncccc1C(=O)OCCN(C)C. The van der Waals surface area contributed by atoms with E-state index in [1.165, 1.54) is 12.3 Å². The summed E-state index contributed by atoms with van der Waals surface area (Å²) in [5.74, 6) is -2.22. The van der Waals surface area contributed by atoms with Crippen LogP contribution in [0.2, 0.25) is 0 Å². The van der Waals surface area contributed by atoms with Gasteiger partial charge in [-0.25, -0.2) is 23.8 Å². The molecule has 0 saturated carbocycles. The van der Waals surface area contributed by atoms with Gasteiger partial charge in [0, 0.05) is 24.5 Å². The molecule has 0 atom stereocenters. The highest BCUT2D eigenvalue weighted by Gasteiger charge is 2.16. The molecule has 1 heterocycles. The van der Waals surface area contributed by atoms with E-state index in [0.717, 1.165) is 12.1 Å². The second-order valence-corrected chi connectivity index (χ2v) is 6.26. The molecule has 29 heavy (non-hydrogen) atoms. The number of esters is 1. The molecule has 0 spiro atoms. The molecular formula is C19H21F2N5O3. The largest absolute Gasteiger partial charge is 0.461 e. The second kappa shape index (κ2) is 10.2. The minimum absolute atomic E-state index is 0.0733. The Labute approximate surface area is 166 Å². The van der Waals surface area contributed by atoms with Gasteiger partial charge in [0.15, 0.2) is 0 Å². The van der Waals surface area contributed by atoms with Crippen molar-refractivity contribution in [2.24, 2.45) is 5.10 Å². The van der Waals surface area contributed by atoms with Gasteiger partial charge in [-0.05, 0) is 45.3 Å². The number of nitrogens with zero attached hydrogens (tertiary/aromatic N) is 3. The zero-order chi connectivity index (χ0) is 21.4. The molecule has 2 rings (SSSR count). The van der Waals surface area contributed by atoms with Crippen molar-refractivity contribution in [3.05, 3.63) is 59.4 Å². The average Bonchev–Trinajstić information content (AvgIpc) is 2.65. The molecule has 0 fully saturated rings. The zero-order valence-electron chi connectivity index (χ0n) is 16.2. The number of pyridine rings is 1. The molecule has 2 amide bonds. The summed E-state index contributed by atoms with van der Waals surface area (Å²) in [6.07, 6.45) is 1.47. The van der Waals surface area contributed by atoms with Crippen molar-refractivity contribution in [1.29, 1.82) is 0 Å². The van der Waals surface area contributed by atoms with E-state index in [1.807, 2.05) is 19.0 Å². The number of likely N-dealkylation sites (N-methyl/N-ethyl adjacent to an activating group) is 1. The molecule has 0 saturated heterocycles. The number of hydrogen-bond donors (Lipinski definition) is 2. The molecule has 0 aliphatic heterocycles. The van der Waals surface area contributed by atoms with Gasteiger partial charge >= 0.3 is 12.0 Å². The van der Waals surface area contributed by atoms with Gasteiger partial charge < -0.3 is 15.0 Å². The minimum Gasteiger partial charge on any atom is -0.461 e. The van der Waals surface area contributed by atoms with Crippen LogP contribution in [0.3, 0.4) is 0 Å². The molecule has 10 heteroatoms. The van der Waals surface area contributed by atoms with E-state index in [4.69, 9.17) is 4.74 Å². The predicted molar refractivity (Wildman–Crippen MR) is 104 cm³/mol. The van der Waals surface area contributed by atoms with Crippen LogP contribution < -0.4 is 10.7 Å². The lowest BCUT2D eigenvalue weighted by Crippen LogP contribution is -2.26. The van der Waals surface area contributed by atoms with E-state index in [9.17, 15) is 18.4 Å². The van der Waals surface area contributed by atoms with E-state index in [1.54, 1.807) is 13.0 Å². The summed E-state index contributed by atoms with van der Waals surface area (Å²) in [4.78, 5) is 30.2. The van der Waals surface area contributed by atoms with E-state index in [-0.39, 0.29) is 29.3 Å². The van der Waals surface area contributed by atoms with Crippen molar-refractivity contribution in [2.75, 3.05) is 32.6 Å². The number of amides is 2. The van der Waals surface area contributed by atoms with Crippen LogP contribution in [0.4, 0.5) is 19.3 Å². The van der Waals surface area contributed by atoms with Crippen LogP contribution in [0.1, 0.15) is 23.0 Å². The number of hydrogen-bond acceptors (Lipinski definition) is 6. The lowest BCUT2D eigenvalue weighted by molar-refractivity contribution is 0.0481. The number of carbonyl (C=O) groups excluding carboxylic acids is 2. The Bertz CT molecular complexity index is 898. The van der Waals surface area contributed by atoms with Crippen molar-refractivity contribution in [2.45, 2.75) is 6.92 Å². The van der Waals surface area contributed by atoms with E-state index in [0.29, 0.717) is 12.6 Å². The van der Waals surface area contributed by atoms with Gasteiger partial charge in [-0.15, -0.1) is 0 Å². The fraction of sp³-hybridized carbons (Fsp3) is 0.263. The number of carbonyl (C=O) groups is 2. The van der Waals surface area contributed by atoms with Crippen LogP contribution in [0.15, 0.2) is 41.6 Å². The Morgan fingerprint density at radius 3 is 2.55 bits per heavy atom. The van der Waals surface area contributed by atoms with Gasteiger partial charge in [0.25, 0.3) is 0 Å². The highest BCUT2D eigenvalue weighted by molar-refractivity contribution is 6.06. The molecule has 2 N–H and O–H groups in total. The number of nitrogens with one attached hydrogen (secondary N) is 2. The molecule has 154 valence electrons. The maximum absolute atomic E-state index is 13.2. The first-order chi connectivity index (χ1) is 13.8. The molecular weight excluding hydrogens is 384 g/mol. The first-order valence-corrected chi connectivity index (χ1v) is 8.61. The van der Waals surface area contributed by atoms with Crippen LogP contribution in [-0.2, 0) is 4.74 Å². The third kappa shape index (κ3) is 6.92. The summed E-state index contributed by atoms with van der Waals surface area (Å²) in [5, 5.41) is 6.13. The number of rotatable bonds is 7. The Hall–Kier alpha value is -3.40. The quantitative estimate of drug-likeness (QED) is 0.419. The molecule has 1 aromatic carbocycles. The monoisotopic (exact) mass is 405 g/mol. The predicted octanol–water partition coefficient (Wildman–Crippen LogP) is 2.62. The van der Waals surface area contributed by atoms with Gasteiger partial charge in [0.05, 0.1) is 11.3 Å². The molecule has 8 nitrogen and oxygen atoms in total. The first kappa shape index (κ1) is 21.9. The van der Waals surface area contributed by atoms with Crippen LogP contribution >= 0.6 is 0 Å². The van der Waals surface area contributed by atoms with Crippen molar-refractivity contribution in [3.63, 3.8) is 0 Å². The third-order valence-electron chi connectivity index (χ3n) is 3.59. The second-order valence-electron chi connectivity index (χ2n) is 6.26. The molecule has 0 aliphatic carbocycles. The number of benzene rings is 1. The first-order valence-electron chi connectivity index (χ1n) is 8.61. The standard InChI is InChI=1S/C19H21F2N5O3/c1-12(24-25-19(28)23-15-10-13(20)9-14(21)11-15)17-16(5-4-6-22-17)18(27)29-8-7-26(2)3/h4-6,9-11H,7-8H2,1-3H3,(H2,23,25,28)/b24-12+. The van der Waals surface area contributed by atoms with Crippen molar-refractivity contribution in [1.82, 2.24) is 15.3 Å². The highest BCUT2D eigenvalue weighted by Crippen LogP contribution is 2.13. The van der Waals surface area contributed by atoms with Crippen molar-refractivity contribution >= 4 is 23.4 Å². The zero-order valence-corrected chi connectivity index (χ0v) is 16.2. The maximum Gasteiger partial charge on any atom is 0.340 e. The van der Waals surface area contributed by atoms with Crippen molar-refractivity contribution in [3.8, 4) is 0 Å². The van der Waals surface area contributed by atoms with Gasteiger partial charge in [0.1, 0.15) is 23.9 Å². The fourth-order valence-corrected chi connectivity index (χ4v) is 2.23. The normalized spacial score (nSPS) is 11.3. The Kier molecular flexibility index (Phi) is 7.72. The molecule has 1 aromatic heterocycles. The van der Waals surface area contributed by atoms with Gasteiger partial charge in [-0.2, -0.15) is 5.10 Å². The Morgan fingerprint density at radius 1 is 1.21 bits per heavy atom. The Morgan fingerprint density at radius 2 is 1.90 bits per heavy atom. The third-order valence-corrected chi connectivity index (χ3v) is 3.59. The van der Waals surface area contributed by atoms with Crippen LogP contribution in [0.5, 0.6) is 0 Å². The van der Waals surface area contributed by atoms with E-state index < -0.39 is 23.6 Å². The lowest BCUT2D eigenvalue weighted by atomic mass is 10.1. The number of anilines is 1. The van der Waals surface area contributed by atoms with Crippen molar-refractivity contribution < 1.29 is 23.1 Å². The number of hydrazone groups is 1. The number of urea groups is 1. The molecule has 2 aromatic rings. The summed E-state index contributed by atoms with van der Waals surface area (Å²) < 4.78 is 31.6. The Balaban J connectivity index is 2.05. The van der Waals surface area contributed by atoms with Crippen LogP contribution in [0.25, 0.3) is 0 Å². The van der Waals surface area contributed by atoms with Gasteiger partial charge in [0.2, 0.25) is 0 Å². The van der Waals surface area contributed by atoms with E-state index in [2.05, 4.69) is 20.8 Å². The van der Waals surface area contributed by atoms with Gasteiger partial charge in [-0.1, -0.05) is 0 Å². The molecule has 0 unspecified atom stereocenters. The summed E-state index contributed by atoms with van der Waals surface area (Å²) >= 11 is 0. The maximum atomic E-state index is 13.2. The average molecular weight is 405 g/mol. The lowest BCUT2D eigenvalue weighted by Gasteiger charge is -2.11. The minimum atomic E-state index is -0.828. The van der Waals surface area contributed by atoms with Crippen LogP contribution in [0, 0.1) is 11.6 Å². The number of aromatic nitrogens is 1.